The fraction of sp³-hybridized carbons (Fsp3) is 0.417. The Kier molecular flexibility index (Phi) is 13.2. The van der Waals surface area contributed by atoms with Crippen LogP contribution in [0.1, 0.15) is 24.0 Å². The highest BCUT2D eigenvalue weighted by atomic mass is 15.2. The van der Waals surface area contributed by atoms with Crippen LogP contribution in [0.5, 0.6) is 0 Å². The van der Waals surface area contributed by atoms with Crippen LogP contribution in [0.3, 0.4) is 0 Å². The number of nitrogens with one attached hydrogen (secondary N) is 1. The summed E-state index contributed by atoms with van der Waals surface area (Å²) in [5, 5.41) is 0. The average Bonchev–Trinajstić information content (AvgIpc) is 2.80. The number of anilines is 2. The zero-order chi connectivity index (χ0) is 24.6. The molecule has 2 rings (SSSR count). The molecule has 0 radical (unpaired) electrons. The maximum absolute atomic E-state index is 5.89. The molecular weight excluding hydrogens is 414 g/mol. The molecule has 33 heavy (non-hydrogen) atoms. The van der Waals surface area contributed by atoms with Crippen molar-refractivity contribution in [2.45, 2.75) is 12.8 Å². The van der Waals surface area contributed by atoms with E-state index in [1.54, 1.807) is 0 Å². The van der Waals surface area contributed by atoms with Gasteiger partial charge in [0.05, 0.1) is 0 Å². The number of nitrogens with two attached hydrogens (primary N) is 4. The molecule has 0 bridgehead atoms. The van der Waals surface area contributed by atoms with Gasteiger partial charge in [0.2, 0.25) is 0 Å². The van der Waals surface area contributed by atoms with Gasteiger partial charge in [0, 0.05) is 35.6 Å². The lowest BCUT2D eigenvalue weighted by atomic mass is 10.2. The second kappa shape index (κ2) is 15.6. The van der Waals surface area contributed by atoms with Gasteiger partial charge in [-0.05, 0) is 103 Å². The Labute approximate surface area is 198 Å². The number of benzene rings is 2. The van der Waals surface area contributed by atoms with E-state index in [4.69, 9.17) is 23.0 Å². The van der Waals surface area contributed by atoms with Crippen LogP contribution in [0.15, 0.2) is 58.5 Å². The number of rotatable bonds is 11. The quantitative estimate of drug-likeness (QED) is 0.0862. The molecule has 0 unspecified atom stereocenters. The number of hydrogen-bond donors (Lipinski definition) is 5. The summed E-state index contributed by atoms with van der Waals surface area (Å²) in [6.07, 6.45) is 2.03. The number of aliphatic imine (C=N–C) groups is 2. The van der Waals surface area contributed by atoms with Crippen LogP contribution in [0.25, 0.3) is 0 Å². The SMILES string of the molecule is CN(C)CCCN=C(N)c1ccc(N)cc1.CN(C)CCCN=C(N)c1ccc(NN)cc1. The van der Waals surface area contributed by atoms with Crippen LogP contribution in [0, 0.1) is 0 Å². The van der Waals surface area contributed by atoms with E-state index < -0.39 is 0 Å². The molecule has 182 valence electrons. The van der Waals surface area contributed by atoms with Gasteiger partial charge >= 0.3 is 0 Å². The Morgan fingerprint density at radius 2 is 1.12 bits per heavy atom. The molecular formula is C24H41N9. The zero-order valence-corrected chi connectivity index (χ0v) is 20.5. The van der Waals surface area contributed by atoms with Gasteiger partial charge < -0.3 is 32.4 Å². The van der Waals surface area contributed by atoms with Gasteiger partial charge in [-0.1, -0.05) is 0 Å². The van der Waals surface area contributed by atoms with E-state index in [9.17, 15) is 0 Å². The van der Waals surface area contributed by atoms with Gasteiger partial charge in [-0.25, -0.2) is 0 Å². The van der Waals surface area contributed by atoms with Crippen molar-refractivity contribution in [2.75, 3.05) is 65.5 Å². The number of hydrazine groups is 1. The maximum Gasteiger partial charge on any atom is 0.125 e. The van der Waals surface area contributed by atoms with E-state index in [2.05, 4.69) is 25.2 Å². The summed E-state index contributed by atoms with van der Waals surface area (Å²) in [4.78, 5) is 12.9. The predicted octanol–water partition coefficient (Wildman–Crippen LogP) is 1.56. The average molecular weight is 456 g/mol. The highest BCUT2D eigenvalue weighted by Gasteiger charge is 1.99. The standard InChI is InChI=1S/C12H21N5.C12H20N4/c1-17(2)9-3-8-15-12(13)10-4-6-11(16-14)7-5-10;1-16(2)9-3-8-15-12(14)10-4-6-11(13)7-5-10/h4-7,16H,3,8-9,14H2,1-2H3,(H2,13,15);4-7H,3,8-9,13H2,1-2H3,(H2,14,15). The first-order valence-electron chi connectivity index (χ1n) is 11.0. The van der Waals surface area contributed by atoms with Crippen molar-refractivity contribution in [1.29, 1.82) is 0 Å². The molecule has 0 amide bonds. The lowest BCUT2D eigenvalue weighted by Gasteiger charge is -2.07. The van der Waals surface area contributed by atoms with Crippen LogP contribution in [0.4, 0.5) is 11.4 Å². The minimum atomic E-state index is 0.576. The van der Waals surface area contributed by atoms with E-state index in [0.29, 0.717) is 11.7 Å². The predicted molar refractivity (Wildman–Crippen MR) is 143 cm³/mol. The molecule has 0 saturated carbocycles. The number of hydrogen-bond acceptors (Lipinski definition) is 7. The second-order valence-corrected chi connectivity index (χ2v) is 8.19. The normalized spacial score (nSPS) is 12.0. The van der Waals surface area contributed by atoms with Gasteiger partial charge in [-0.15, -0.1) is 0 Å². The molecule has 0 aliphatic heterocycles. The van der Waals surface area contributed by atoms with E-state index in [-0.39, 0.29) is 0 Å². The second-order valence-electron chi connectivity index (χ2n) is 8.19. The molecule has 2 aromatic carbocycles. The van der Waals surface area contributed by atoms with Crippen LogP contribution in [0.2, 0.25) is 0 Å². The van der Waals surface area contributed by atoms with Crippen molar-refractivity contribution in [1.82, 2.24) is 9.80 Å². The molecule has 0 atom stereocenters. The van der Waals surface area contributed by atoms with Crippen molar-refractivity contribution in [2.24, 2.45) is 27.3 Å². The lowest BCUT2D eigenvalue weighted by molar-refractivity contribution is 0.403. The van der Waals surface area contributed by atoms with E-state index in [0.717, 1.165) is 61.5 Å². The van der Waals surface area contributed by atoms with Crippen molar-refractivity contribution in [3.63, 3.8) is 0 Å². The van der Waals surface area contributed by atoms with Gasteiger partial charge in [0.25, 0.3) is 0 Å². The minimum Gasteiger partial charge on any atom is -0.399 e. The largest absolute Gasteiger partial charge is 0.399 e. The van der Waals surface area contributed by atoms with E-state index in [1.807, 2.05) is 76.7 Å². The first-order valence-corrected chi connectivity index (χ1v) is 11.0. The zero-order valence-electron chi connectivity index (χ0n) is 20.5. The van der Waals surface area contributed by atoms with Crippen LogP contribution in [-0.4, -0.2) is 75.8 Å². The molecule has 9 nitrogen and oxygen atoms in total. The Balaban J connectivity index is 0.000000331. The van der Waals surface area contributed by atoms with Gasteiger partial charge in [0.15, 0.2) is 0 Å². The number of nitrogens with zero attached hydrogens (tertiary/aromatic N) is 4. The molecule has 2 aromatic rings. The van der Waals surface area contributed by atoms with Crippen LogP contribution >= 0.6 is 0 Å². The third-order valence-electron chi connectivity index (χ3n) is 4.64. The minimum absolute atomic E-state index is 0.576. The monoisotopic (exact) mass is 455 g/mol. The smallest absolute Gasteiger partial charge is 0.125 e. The van der Waals surface area contributed by atoms with Gasteiger partial charge in [-0.2, -0.15) is 0 Å². The van der Waals surface area contributed by atoms with E-state index >= 15 is 0 Å². The molecule has 0 saturated heterocycles. The summed E-state index contributed by atoms with van der Waals surface area (Å²) in [6.45, 7) is 3.56. The molecule has 0 aliphatic rings. The topological polar surface area (TPSA) is 147 Å². The summed E-state index contributed by atoms with van der Waals surface area (Å²) in [5.41, 5.74) is 23.4. The summed E-state index contributed by atoms with van der Waals surface area (Å²) in [5.74, 6) is 6.44. The fourth-order valence-electron chi connectivity index (χ4n) is 2.75. The highest BCUT2D eigenvalue weighted by molar-refractivity contribution is 5.98. The maximum atomic E-state index is 5.89. The lowest BCUT2D eigenvalue weighted by Crippen LogP contribution is -2.17. The van der Waals surface area contributed by atoms with Crippen LogP contribution < -0.4 is 28.5 Å². The van der Waals surface area contributed by atoms with Crippen molar-refractivity contribution >= 4 is 23.0 Å². The summed E-state index contributed by atoms with van der Waals surface area (Å²) >= 11 is 0. The Hall–Kier alpha value is -3.14. The first-order chi connectivity index (χ1) is 15.7. The molecule has 9 heteroatoms. The number of nitrogen functional groups attached to an aromatic ring is 2. The molecule has 9 N–H and O–H groups in total. The summed E-state index contributed by atoms with van der Waals surface area (Å²) in [7, 11) is 8.19. The van der Waals surface area contributed by atoms with Crippen molar-refractivity contribution in [3.8, 4) is 0 Å². The van der Waals surface area contributed by atoms with Gasteiger partial charge in [-0.3, -0.25) is 15.8 Å². The Morgan fingerprint density at radius 3 is 1.48 bits per heavy atom. The fourth-order valence-corrected chi connectivity index (χ4v) is 2.75. The molecule has 0 aromatic heterocycles. The van der Waals surface area contributed by atoms with Crippen LogP contribution in [-0.2, 0) is 0 Å². The molecule has 0 spiro atoms. The first kappa shape index (κ1) is 27.9. The molecule has 0 aliphatic carbocycles. The third-order valence-corrected chi connectivity index (χ3v) is 4.64. The van der Waals surface area contributed by atoms with E-state index in [1.165, 1.54) is 0 Å². The van der Waals surface area contributed by atoms with Crippen molar-refractivity contribution in [3.05, 3.63) is 59.7 Å². The molecule has 0 fully saturated rings. The summed E-state index contributed by atoms with van der Waals surface area (Å²) in [6, 6.07) is 15.0. The van der Waals surface area contributed by atoms with Gasteiger partial charge in [0.1, 0.15) is 11.7 Å². The highest BCUT2D eigenvalue weighted by Crippen LogP contribution is 2.08. The third kappa shape index (κ3) is 12.5. The van der Waals surface area contributed by atoms with Crippen molar-refractivity contribution < 1.29 is 0 Å². The Morgan fingerprint density at radius 1 is 0.727 bits per heavy atom. The summed E-state index contributed by atoms with van der Waals surface area (Å²) < 4.78 is 0. The number of amidine groups is 2. The molecule has 0 heterocycles. The Bertz CT molecular complexity index is 841.